The second-order valence-corrected chi connectivity index (χ2v) is 5.55. The van der Waals surface area contributed by atoms with Gasteiger partial charge in [-0.1, -0.05) is 21.6 Å². The zero-order valence-corrected chi connectivity index (χ0v) is 13.6. The Morgan fingerprint density at radius 3 is 2.84 bits per heavy atom. The third-order valence-electron chi connectivity index (χ3n) is 2.97. The van der Waals surface area contributed by atoms with E-state index in [1.165, 1.54) is 11.3 Å². The van der Waals surface area contributed by atoms with Crippen LogP contribution in [-0.2, 0) is 11.3 Å². The average molecular weight is 359 g/mol. The predicted octanol–water partition coefficient (Wildman–Crippen LogP) is 2.10. The summed E-state index contributed by atoms with van der Waals surface area (Å²) >= 11 is 1.20. The van der Waals surface area contributed by atoms with Crippen molar-refractivity contribution in [3.8, 4) is 10.6 Å². The zero-order valence-electron chi connectivity index (χ0n) is 12.8. The second kappa shape index (κ2) is 9.17. The largest absolute Gasteiger partial charge is 0.315 e. The monoisotopic (exact) mass is 359 g/mol. The van der Waals surface area contributed by atoms with Gasteiger partial charge in [-0.15, -0.1) is 0 Å². The van der Waals surface area contributed by atoms with E-state index in [-0.39, 0.29) is 13.1 Å². The number of carbonyl (C=O) groups is 1. The van der Waals surface area contributed by atoms with Crippen molar-refractivity contribution in [2.45, 2.75) is 12.6 Å². The van der Waals surface area contributed by atoms with E-state index in [1.54, 1.807) is 18.5 Å². The number of nitrogens with two attached hydrogens (primary N) is 1. The number of aromatic nitrogens is 2. The molecule has 0 saturated heterocycles. The van der Waals surface area contributed by atoms with Gasteiger partial charge in [0.15, 0.2) is 0 Å². The van der Waals surface area contributed by atoms with Crippen LogP contribution in [-0.4, -0.2) is 28.5 Å². The first-order valence-corrected chi connectivity index (χ1v) is 7.70. The van der Waals surface area contributed by atoms with Crippen molar-refractivity contribution in [1.82, 2.24) is 15.4 Å². The van der Waals surface area contributed by atoms with Gasteiger partial charge in [0.25, 0.3) is 0 Å². The van der Waals surface area contributed by atoms with Gasteiger partial charge in [-0.2, -0.15) is 0 Å². The third-order valence-corrected chi connectivity index (χ3v) is 4.03. The molecule has 25 heavy (non-hydrogen) atoms. The molecule has 0 aliphatic carbocycles. The molecule has 0 aliphatic heterocycles. The van der Waals surface area contributed by atoms with Gasteiger partial charge in [0.2, 0.25) is 5.91 Å². The number of anilines is 1. The summed E-state index contributed by atoms with van der Waals surface area (Å²) in [4.78, 5) is 25.9. The molecule has 128 valence electrons. The molecule has 0 fully saturated rings. The van der Waals surface area contributed by atoms with Gasteiger partial charge in [0.05, 0.1) is 18.8 Å². The Labute approximate surface area is 145 Å². The molecule has 2 rings (SSSR count). The highest BCUT2D eigenvalue weighted by Crippen LogP contribution is 2.32. The number of thiazole rings is 1. The molecule has 0 bridgehead atoms. The van der Waals surface area contributed by atoms with E-state index in [4.69, 9.17) is 16.9 Å². The van der Waals surface area contributed by atoms with Crippen LogP contribution >= 0.6 is 11.3 Å². The van der Waals surface area contributed by atoms with E-state index in [2.05, 4.69) is 40.8 Å². The first-order valence-electron chi connectivity index (χ1n) is 6.88. The summed E-state index contributed by atoms with van der Waals surface area (Å²) in [5.74, 6) is 4.80. The maximum atomic E-state index is 12.2. The Bertz CT molecular complexity index is 823. The number of azide groups is 2. The van der Waals surface area contributed by atoms with Crippen molar-refractivity contribution >= 4 is 22.2 Å². The van der Waals surface area contributed by atoms with E-state index in [0.717, 1.165) is 5.56 Å². The quantitative estimate of drug-likeness (QED) is 0.213. The van der Waals surface area contributed by atoms with Crippen molar-refractivity contribution in [2.75, 3.05) is 11.9 Å². The maximum absolute atomic E-state index is 12.2. The summed E-state index contributed by atoms with van der Waals surface area (Å²) in [5.41, 5.74) is 20.3. The second-order valence-electron chi connectivity index (χ2n) is 4.55. The van der Waals surface area contributed by atoms with Gasteiger partial charge in [-0.25, -0.2) is 10.4 Å². The first-order chi connectivity index (χ1) is 12.2. The maximum Gasteiger partial charge on any atom is 0.243 e. The summed E-state index contributed by atoms with van der Waals surface area (Å²) in [5, 5.41) is 10.5. The summed E-state index contributed by atoms with van der Waals surface area (Å²) < 4.78 is 0. The van der Waals surface area contributed by atoms with E-state index in [1.807, 2.05) is 6.07 Å². The minimum Gasteiger partial charge on any atom is -0.315 e. The van der Waals surface area contributed by atoms with Crippen LogP contribution in [0.1, 0.15) is 5.69 Å². The number of hydrazine groups is 1. The van der Waals surface area contributed by atoms with E-state index in [0.29, 0.717) is 15.7 Å². The van der Waals surface area contributed by atoms with E-state index in [9.17, 15) is 4.79 Å². The van der Waals surface area contributed by atoms with Crippen LogP contribution in [0.5, 0.6) is 0 Å². The number of carbonyl (C=O) groups excluding carboxylic acids is 1. The lowest BCUT2D eigenvalue weighted by Gasteiger charge is -2.12. The van der Waals surface area contributed by atoms with Crippen molar-refractivity contribution in [3.63, 3.8) is 0 Å². The van der Waals surface area contributed by atoms with Crippen molar-refractivity contribution in [3.05, 3.63) is 51.1 Å². The van der Waals surface area contributed by atoms with E-state index < -0.39 is 11.9 Å². The molecule has 2 aromatic heterocycles. The van der Waals surface area contributed by atoms with Crippen LogP contribution in [0.2, 0.25) is 0 Å². The lowest BCUT2D eigenvalue weighted by atomic mass is 10.3. The number of nitrogens with zero attached hydrogens (tertiary/aromatic N) is 8. The Morgan fingerprint density at radius 1 is 1.40 bits per heavy atom. The third kappa shape index (κ3) is 4.88. The van der Waals surface area contributed by atoms with Gasteiger partial charge >= 0.3 is 0 Å². The molecule has 0 spiro atoms. The number of pyridine rings is 1. The molecule has 1 unspecified atom stereocenters. The highest BCUT2D eigenvalue weighted by molar-refractivity contribution is 7.19. The standard InChI is InChI=1S/C12H13N11OS/c13-21-8(5-17-22-14)10(24)20-12-9(6-18-23-15)19-11(25-12)7-2-1-3-16-4-7/h1-4,8,21H,5-6,13H2,(H,20,24). The molecule has 0 aliphatic rings. The lowest BCUT2D eigenvalue weighted by molar-refractivity contribution is -0.117. The van der Waals surface area contributed by atoms with Gasteiger partial charge in [-0.05, 0) is 23.2 Å². The number of rotatable bonds is 8. The van der Waals surface area contributed by atoms with Gasteiger partial charge < -0.3 is 5.32 Å². The molecule has 4 N–H and O–H groups in total. The normalized spacial score (nSPS) is 11.1. The summed E-state index contributed by atoms with van der Waals surface area (Å²) in [7, 11) is 0. The van der Waals surface area contributed by atoms with Gasteiger partial charge in [0.1, 0.15) is 16.1 Å². The molecular weight excluding hydrogens is 346 g/mol. The molecule has 1 atom stereocenters. The summed E-state index contributed by atoms with van der Waals surface area (Å²) in [6.45, 7) is -0.182. The molecule has 2 aromatic rings. The molecule has 2 heterocycles. The fourth-order valence-electron chi connectivity index (χ4n) is 1.80. The highest BCUT2D eigenvalue weighted by atomic mass is 32.1. The average Bonchev–Trinajstić information content (AvgIpc) is 3.04. The van der Waals surface area contributed by atoms with Crippen molar-refractivity contribution in [2.24, 2.45) is 16.1 Å². The Kier molecular flexibility index (Phi) is 6.65. The van der Waals surface area contributed by atoms with Crippen LogP contribution in [0, 0.1) is 0 Å². The molecule has 0 radical (unpaired) electrons. The molecule has 0 saturated carbocycles. The fourth-order valence-corrected chi connectivity index (χ4v) is 2.76. The van der Waals surface area contributed by atoms with Crippen LogP contribution in [0.4, 0.5) is 5.00 Å². The number of hydrogen-bond acceptors (Lipinski definition) is 8. The Morgan fingerprint density at radius 2 is 2.20 bits per heavy atom. The number of nitrogens with one attached hydrogen (secondary N) is 2. The van der Waals surface area contributed by atoms with Crippen LogP contribution in [0.3, 0.4) is 0 Å². The first kappa shape index (κ1) is 18.1. The Balaban J connectivity index is 2.28. The SMILES string of the molecule is [N-]=[N+]=NCc1nc(-c2cccnc2)sc1NC(=O)C(CN=[N+]=[N-])NN. The van der Waals surface area contributed by atoms with Crippen LogP contribution in [0.25, 0.3) is 31.5 Å². The predicted molar refractivity (Wildman–Crippen MR) is 91.9 cm³/mol. The Hall–Kier alpha value is -3.21. The molecule has 0 aromatic carbocycles. The summed E-state index contributed by atoms with van der Waals surface area (Å²) in [6.07, 6.45) is 3.27. The van der Waals surface area contributed by atoms with Gasteiger partial charge in [0, 0.05) is 27.8 Å². The van der Waals surface area contributed by atoms with Crippen LogP contribution < -0.4 is 16.6 Å². The topological polar surface area (TPSA) is 190 Å². The fraction of sp³-hybridized carbons (Fsp3) is 0.250. The lowest BCUT2D eigenvalue weighted by Crippen LogP contribution is -2.46. The number of hydrogen-bond donors (Lipinski definition) is 3. The zero-order chi connectivity index (χ0) is 18.1. The van der Waals surface area contributed by atoms with Crippen LogP contribution in [0.15, 0.2) is 34.8 Å². The van der Waals surface area contributed by atoms with Crippen molar-refractivity contribution in [1.29, 1.82) is 0 Å². The molecule has 12 nitrogen and oxygen atoms in total. The smallest absolute Gasteiger partial charge is 0.243 e. The van der Waals surface area contributed by atoms with Gasteiger partial charge in [-0.3, -0.25) is 15.6 Å². The minimum absolute atomic E-state index is 0.0278. The highest BCUT2D eigenvalue weighted by Gasteiger charge is 2.20. The molecule has 13 heteroatoms. The number of amides is 1. The van der Waals surface area contributed by atoms with E-state index >= 15 is 0 Å². The molecular formula is C12H13N11OS. The summed E-state index contributed by atoms with van der Waals surface area (Å²) in [6, 6.07) is 2.67. The minimum atomic E-state index is -0.910. The molecule has 1 amide bonds. The van der Waals surface area contributed by atoms with Crippen molar-refractivity contribution < 1.29 is 4.79 Å².